The Labute approximate surface area is 130 Å². The fraction of sp³-hybridized carbons (Fsp3) is 0.471. The van der Waals surface area contributed by atoms with E-state index in [1.54, 1.807) is 29.2 Å². The maximum absolute atomic E-state index is 12.1. The van der Waals surface area contributed by atoms with E-state index in [0.717, 1.165) is 38.8 Å². The zero-order valence-electron chi connectivity index (χ0n) is 12.9. The molecule has 0 bridgehead atoms. The Morgan fingerprint density at radius 1 is 1.00 bits per heavy atom. The number of carbonyl (C=O) groups is 3. The second-order valence-corrected chi connectivity index (χ2v) is 5.65. The Bertz CT molecular complexity index is 544. The van der Waals surface area contributed by atoms with Crippen LogP contribution in [0.15, 0.2) is 24.3 Å². The molecule has 0 saturated carbocycles. The van der Waals surface area contributed by atoms with Crippen LogP contribution in [-0.2, 0) is 9.59 Å². The second kappa shape index (κ2) is 7.73. The number of rotatable bonds is 4. The third kappa shape index (κ3) is 4.69. The van der Waals surface area contributed by atoms with Crippen LogP contribution in [0.5, 0.6) is 0 Å². The van der Waals surface area contributed by atoms with Crippen LogP contribution < -0.4 is 5.32 Å². The molecule has 0 atom stereocenters. The van der Waals surface area contributed by atoms with E-state index in [4.69, 9.17) is 0 Å². The zero-order valence-corrected chi connectivity index (χ0v) is 12.9. The molecule has 1 heterocycles. The molecule has 1 aromatic rings. The van der Waals surface area contributed by atoms with E-state index in [1.165, 1.54) is 6.92 Å². The van der Waals surface area contributed by atoms with Crippen LogP contribution in [-0.4, -0.2) is 35.6 Å². The average Bonchev–Trinajstić information content (AvgIpc) is 2.76. The number of Topliss-reactive ketones (excluding diaryl/α,β-unsaturated/α-hetero) is 1. The molecule has 0 unspecified atom stereocenters. The molecule has 5 heteroatoms. The third-order valence-corrected chi connectivity index (χ3v) is 3.85. The average molecular weight is 302 g/mol. The molecule has 118 valence electrons. The first kappa shape index (κ1) is 16.2. The van der Waals surface area contributed by atoms with Gasteiger partial charge in [-0.05, 0) is 44.0 Å². The van der Waals surface area contributed by atoms with Crippen LogP contribution in [0.2, 0.25) is 0 Å². The molecule has 22 heavy (non-hydrogen) atoms. The largest absolute Gasteiger partial charge is 0.342 e. The lowest BCUT2D eigenvalue weighted by atomic mass is 10.1. The monoisotopic (exact) mass is 302 g/mol. The molecule has 1 fully saturated rings. The van der Waals surface area contributed by atoms with Gasteiger partial charge in [0.05, 0.1) is 0 Å². The van der Waals surface area contributed by atoms with Gasteiger partial charge in [-0.15, -0.1) is 0 Å². The molecule has 1 aliphatic rings. The predicted octanol–water partition coefficient (Wildman–Crippen LogP) is 2.62. The molecule has 2 rings (SSSR count). The normalized spacial score (nSPS) is 15.0. The number of anilines is 1. The van der Waals surface area contributed by atoms with E-state index < -0.39 is 0 Å². The Morgan fingerprint density at radius 2 is 1.59 bits per heavy atom. The number of nitrogens with one attached hydrogen (secondary N) is 1. The topological polar surface area (TPSA) is 66.5 Å². The van der Waals surface area contributed by atoms with Crippen molar-refractivity contribution in [1.82, 2.24) is 4.90 Å². The smallest absolute Gasteiger partial charge is 0.233 e. The quantitative estimate of drug-likeness (QED) is 0.687. The van der Waals surface area contributed by atoms with Gasteiger partial charge in [0, 0.05) is 24.3 Å². The molecule has 0 aromatic heterocycles. The fourth-order valence-corrected chi connectivity index (χ4v) is 2.56. The van der Waals surface area contributed by atoms with Crippen molar-refractivity contribution < 1.29 is 14.4 Å². The first-order valence-corrected chi connectivity index (χ1v) is 7.75. The molecule has 5 nitrogen and oxygen atoms in total. The summed E-state index contributed by atoms with van der Waals surface area (Å²) >= 11 is 0. The van der Waals surface area contributed by atoms with Crippen molar-refractivity contribution in [3.63, 3.8) is 0 Å². The number of likely N-dealkylation sites (tertiary alicyclic amines) is 1. The van der Waals surface area contributed by atoms with Crippen LogP contribution in [0.3, 0.4) is 0 Å². The Hall–Kier alpha value is -2.17. The lowest BCUT2D eigenvalue weighted by Gasteiger charge is -2.19. The highest BCUT2D eigenvalue weighted by Gasteiger charge is 2.18. The summed E-state index contributed by atoms with van der Waals surface area (Å²) in [6, 6.07) is 6.67. The van der Waals surface area contributed by atoms with Gasteiger partial charge in [0.25, 0.3) is 0 Å². The van der Waals surface area contributed by atoms with E-state index in [9.17, 15) is 14.4 Å². The number of carbonyl (C=O) groups excluding carboxylic acids is 3. The number of hydrogen-bond donors (Lipinski definition) is 1. The van der Waals surface area contributed by atoms with Crippen molar-refractivity contribution in [2.75, 3.05) is 18.4 Å². The van der Waals surface area contributed by atoms with Gasteiger partial charge in [-0.25, -0.2) is 0 Å². The Kier molecular flexibility index (Phi) is 5.69. The first-order chi connectivity index (χ1) is 10.6. The summed E-state index contributed by atoms with van der Waals surface area (Å²) in [6.07, 6.45) is 4.20. The van der Waals surface area contributed by atoms with Crippen molar-refractivity contribution in [3.8, 4) is 0 Å². The highest BCUT2D eigenvalue weighted by Crippen LogP contribution is 2.13. The van der Waals surface area contributed by atoms with Gasteiger partial charge in [-0.2, -0.15) is 0 Å². The van der Waals surface area contributed by atoms with E-state index in [2.05, 4.69) is 5.32 Å². The van der Waals surface area contributed by atoms with Crippen LogP contribution in [0.25, 0.3) is 0 Å². The summed E-state index contributed by atoms with van der Waals surface area (Å²) < 4.78 is 0. The number of amides is 2. The molecule has 2 amide bonds. The molecule has 1 aromatic carbocycles. The van der Waals surface area contributed by atoms with Gasteiger partial charge in [0.2, 0.25) is 11.8 Å². The summed E-state index contributed by atoms with van der Waals surface area (Å²) in [5.41, 5.74) is 1.19. The maximum Gasteiger partial charge on any atom is 0.233 e. The van der Waals surface area contributed by atoms with Crippen molar-refractivity contribution in [2.45, 2.75) is 39.0 Å². The van der Waals surface area contributed by atoms with Gasteiger partial charge >= 0.3 is 0 Å². The minimum Gasteiger partial charge on any atom is -0.342 e. The highest BCUT2D eigenvalue weighted by molar-refractivity contribution is 6.03. The summed E-state index contributed by atoms with van der Waals surface area (Å²) in [7, 11) is 0. The predicted molar refractivity (Wildman–Crippen MR) is 84.7 cm³/mol. The number of ketones is 1. The van der Waals surface area contributed by atoms with Crippen LogP contribution in [0.1, 0.15) is 49.4 Å². The lowest BCUT2D eigenvalue weighted by molar-refractivity contribution is -0.134. The maximum atomic E-state index is 12.1. The van der Waals surface area contributed by atoms with Gasteiger partial charge in [-0.1, -0.05) is 12.8 Å². The third-order valence-electron chi connectivity index (χ3n) is 3.85. The minimum atomic E-state index is -0.315. The summed E-state index contributed by atoms with van der Waals surface area (Å²) in [5, 5.41) is 2.70. The van der Waals surface area contributed by atoms with E-state index in [1.807, 2.05) is 0 Å². The van der Waals surface area contributed by atoms with E-state index >= 15 is 0 Å². The summed E-state index contributed by atoms with van der Waals surface area (Å²) in [4.78, 5) is 37.0. The summed E-state index contributed by atoms with van der Waals surface area (Å²) in [5.74, 6) is -0.446. The van der Waals surface area contributed by atoms with Crippen molar-refractivity contribution in [3.05, 3.63) is 29.8 Å². The Balaban J connectivity index is 1.86. The minimum absolute atomic E-state index is 0.0192. The van der Waals surface area contributed by atoms with Gasteiger partial charge < -0.3 is 10.2 Å². The number of nitrogens with zero attached hydrogens (tertiary/aromatic N) is 1. The first-order valence-electron chi connectivity index (χ1n) is 7.75. The number of hydrogen-bond acceptors (Lipinski definition) is 3. The molecule has 0 spiro atoms. The van der Waals surface area contributed by atoms with Crippen molar-refractivity contribution in [1.29, 1.82) is 0 Å². The summed E-state index contributed by atoms with van der Waals surface area (Å²) in [6.45, 7) is 2.99. The molecular weight excluding hydrogens is 280 g/mol. The van der Waals surface area contributed by atoms with Crippen molar-refractivity contribution in [2.24, 2.45) is 0 Å². The fourth-order valence-electron chi connectivity index (χ4n) is 2.56. The van der Waals surface area contributed by atoms with Crippen LogP contribution in [0.4, 0.5) is 5.69 Å². The lowest BCUT2D eigenvalue weighted by Crippen LogP contribution is -2.34. The molecule has 1 aliphatic heterocycles. The molecule has 1 N–H and O–H groups in total. The van der Waals surface area contributed by atoms with Gasteiger partial charge in [-0.3, -0.25) is 14.4 Å². The molecule has 0 radical (unpaired) electrons. The second-order valence-electron chi connectivity index (χ2n) is 5.65. The highest BCUT2D eigenvalue weighted by atomic mass is 16.2. The van der Waals surface area contributed by atoms with Crippen LogP contribution >= 0.6 is 0 Å². The zero-order chi connectivity index (χ0) is 15.9. The van der Waals surface area contributed by atoms with Crippen LogP contribution in [0, 0.1) is 0 Å². The SMILES string of the molecule is CC(=O)c1ccc(NC(=O)CC(=O)N2CCCCCC2)cc1. The van der Waals surface area contributed by atoms with E-state index in [0.29, 0.717) is 11.3 Å². The molecule has 0 aliphatic carbocycles. The van der Waals surface area contributed by atoms with Crippen molar-refractivity contribution >= 4 is 23.3 Å². The molecular formula is C17H22N2O3. The number of benzene rings is 1. The Morgan fingerprint density at radius 3 is 2.14 bits per heavy atom. The van der Waals surface area contributed by atoms with E-state index in [-0.39, 0.29) is 24.0 Å². The van der Waals surface area contributed by atoms with Gasteiger partial charge in [0.15, 0.2) is 5.78 Å². The standard InChI is InChI=1S/C17H22N2O3/c1-13(20)14-6-8-15(9-7-14)18-16(21)12-17(22)19-10-4-2-3-5-11-19/h6-9H,2-5,10-12H2,1H3,(H,18,21). The molecule has 1 saturated heterocycles. The van der Waals surface area contributed by atoms with Gasteiger partial charge in [0.1, 0.15) is 6.42 Å².